The van der Waals surface area contributed by atoms with Crippen LogP contribution in [0.2, 0.25) is 0 Å². The number of ether oxygens (including phenoxy) is 1. The lowest BCUT2D eigenvalue weighted by atomic mass is 10.2. The average molecular weight is 229 g/mol. The first-order valence-electron chi connectivity index (χ1n) is 5.42. The summed E-state index contributed by atoms with van der Waals surface area (Å²) in [6.45, 7) is 0.0537. The number of aliphatic hydroxyl groups is 1. The van der Waals surface area contributed by atoms with Gasteiger partial charge in [0, 0.05) is 11.4 Å². The van der Waals surface area contributed by atoms with E-state index in [0.29, 0.717) is 0 Å². The summed E-state index contributed by atoms with van der Waals surface area (Å²) in [6.07, 6.45) is 0. The van der Waals surface area contributed by atoms with Crippen LogP contribution in [-0.4, -0.2) is 12.2 Å². The second-order valence-electron chi connectivity index (χ2n) is 3.71. The fraction of sp³-hybridized carbons (Fsp3) is 0.143. The highest BCUT2D eigenvalue weighted by Gasteiger charge is 1.97. The number of hydrogen-bond acceptors (Lipinski definition) is 3. The Labute approximate surface area is 101 Å². The Morgan fingerprint density at radius 2 is 1.82 bits per heavy atom. The van der Waals surface area contributed by atoms with Crippen LogP contribution in [-0.2, 0) is 6.61 Å². The Kier molecular flexibility index (Phi) is 3.62. The fourth-order valence-corrected chi connectivity index (χ4v) is 1.59. The highest BCUT2D eigenvalue weighted by Crippen LogP contribution is 2.20. The van der Waals surface area contributed by atoms with Gasteiger partial charge >= 0.3 is 0 Å². The second kappa shape index (κ2) is 5.37. The minimum Gasteiger partial charge on any atom is -0.497 e. The van der Waals surface area contributed by atoms with Gasteiger partial charge in [-0.05, 0) is 42.0 Å². The SMILES string of the molecule is COc1ccc(Nc2cccc(CO)c2)cc1. The minimum atomic E-state index is 0.0537. The summed E-state index contributed by atoms with van der Waals surface area (Å²) in [5, 5.41) is 12.3. The molecule has 0 aliphatic rings. The summed E-state index contributed by atoms with van der Waals surface area (Å²) in [5.74, 6) is 0.833. The van der Waals surface area contributed by atoms with Crippen molar-refractivity contribution in [3.05, 3.63) is 54.1 Å². The zero-order chi connectivity index (χ0) is 12.1. The maximum Gasteiger partial charge on any atom is 0.119 e. The van der Waals surface area contributed by atoms with Crippen LogP contribution in [0.5, 0.6) is 5.75 Å². The normalized spacial score (nSPS) is 10.0. The lowest BCUT2D eigenvalue weighted by Crippen LogP contribution is -1.92. The van der Waals surface area contributed by atoms with Gasteiger partial charge in [0.25, 0.3) is 0 Å². The molecule has 0 heterocycles. The van der Waals surface area contributed by atoms with Gasteiger partial charge in [-0.15, -0.1) is 0 Å². The average Bonchev–Trinajstić information content (AvgIpc) is 2.40. The van der Waals surface area contributed by atoms with Crippen LogP contribution in [0.4, 0.5) is 11.4 Å². The van der Waals surface area contributed by atoms with Gasteiger partial charge in [-0.2, -0.15) is 0 Å². The molecule has 17 heavy (non-hydrogen) atoms. The maximum absolute atomic E-state index is 9.05. The van der Waals surface area contributed by atoms with Gasteiger partial charge in [0.15, 0.2) is 0 Å². The molecule has 3 heteroatoms. The first-order chi connectivity index (χ1) is 8.31. The van der Waals surface area contributed by atoms with Gasteiger partial charge < -0.3 is 15.2 Å². The standard InChI is InChI=1S/C14H15NO2/c1-17-14-7-5-12(6-8-14)15-13-4-2-3-11(9-13)10-16/h2-9,15-16H,10H2,1H3. The van der Waals surface area contributed by atoms with Crippen molar-refractivity contribution in [2.45, 2.75) is 6.61 Å². The fourth-order valence-electron chi connectivity index (χ4n) is 1.59. The molecule has 0 radical (unpaired) electrons. The molecule has 2 aromatic carbocycles. The van der Waals surface area contributed by atoms with Gasteiger partial charge in [-0.1, -0.05) is 12.1 Å². The summed E-state index contributed by atoms with van der Waals surface area (Å²) in [4.78, 5) is 0. The van der Waals surface area contributed by atoms with Crippen molar-refractivity contribution in [1.82, 2.24) is 0 Å². The van der Waals surface area contributed by atoms with Crippen LogP contribution in [0, 0.1) is 0 Å². The van der Waals surface area contributed by atoms with E-state index < -0.39 is 0 Å². The van der Waals surface area contributed by atoms with E-state index >= 15 is 0 Å². The molecule has 0 spiro atoms. The van der Waals surface area contributed by atoms with E-state index in [-0.39, 0.29) is 6.61 Å². The minimum absolute atomic E-state index is 0.0537. The van der Waals surface area contributed by atoms with Crippen LogP contribution >= 0.6 is 0 Å². The van der Waals surface area contributed by atoms with E-state index in [2.05, 4.69) is 5.32 Å². The van der Waals surface area contributed by atoms with Crippen molar-refractivity contribution in [3.8, 4) is 5.75 Å². The number of benzene rings is 2. The zero-order valence-corrected chi connectivity index (χ0v) is 9.68. The number of hydrogen-bond donors (Lipinski definition) is 2. The van der Waals surface area contributed by atoms with Crippen LogP contribution in [0.15, 0.2) is 48.5 Å². The van der Waals surface area contributed by atoms with Crippen LogP contribution < -0.4 is 10.1 Å². The summed E-state index contributed by atoms with van der Waals surface area (Å²) in [6, 6.07) is 15.4. The molecule has 0 aliphatic carbocycles. The highest BCUT2D eigenvalue weighted by molar-refractivity contribution is 5.60. The summed E-state index contributed by atoms with van der Waals surface area (Å²) in [7, 11) is 1.65. The van der Waals surface area contributed by atoms with E-state index in [4.69, 9.17) is 9.84 Å². The molecule has 2 N–H and O–H groups in total. The highest BCUT2D eigenvalue weighted by atomic mass is 16.5. The Hall–Kier alpha value is -2.00. The van der Waals surface area contributed by atoms with Crippen molar-refractivity contribution in [2.24, 2.45) is 0 Å². The third kappa shape index (κ3) is 2.98. The lowest BCUT2D eigenvalue weighted by Gasteiger charge is -2.08. The Balaban J connectivity index is 2.13. The molecule has 0 unspecified atom stereocenters. The second-order valence-corrected chi connectivity index (χ2v) is 3.71. The predicted molar refractivity (Wildman–Crippen MR) is 68.6 cm³/mol. The zero-order valence-electron chi connectivity index (χ0n) is 9.68. The van der Waals surface area contributed by atoms with Crippen LogP contribution in [0.3, 0.4) is 0 Å². The molecule has 2 rings (SSSR count). The molecule has 2 aromatic rings. The molecule has 0 amide bonds. The molecule has 0 saturated heterocycles. The number of rotatable bonds is 4. The van der Waals surface area contributed by atoms with Crippen molar-refractivity contribution in [1.29, 1.82) is 0 Å². The number of anilines is 2. The maximum atomic E-state index is 9.05. The molecule has 0 fully saturated rings. The summed E-state index contributed by atoms with van der Waals surface area (Å²) >= 11 is 0. The van der Waals surface area contributed by atoms with Crippen LogP contribution in [0.1, 0.15) is 5.56 Å². The first-order valence-corrected chi connectivity index (χ1v) is 5.42. The third-order valence-corrected chi connectivity index (χ3v) is 2.49. The Morgan fingerprint density at radius 1 is 1.06 bits per heavy atom. The lowest BCUT2D eigenvalue weighted by molar-refractivity contribution is 0.282. The predicted octanol–water partition coefficient (Wildman–Crippen LogP) is 2.93. The molecule has 88 valence electrons. The smallest absolute Gasteiger partial charge is 0.119 e. The van der Waals surface area contributed by atoms with Crippen LogP contribution in [0.25, 0.3) is 0 Å². The number of nitrogens with one attached hydrogen (secondary N) is 1. The van der Waals surface area contributed by atoms with Crippen molar-refractivity contribution in [3.63, 3.8) is 0 Å². The molecule has 0 aromatic heterocycles. The largest absolute Gasteiger partial charge is 0.497 e. The quantitative estimate of drug-likeness (QED) is 0.847. The van der Waals surface area contributed by atoms with E-state index in [0.717, 1.165) is 22.7 Å². The third-order valence-electron chi connectivity index (χ3n) is 2.49. The number of methoxy groups -OCH3 is 1. The number of aliphatic hydroxyl groups excluding tert-OH is 1. The van der Waals surface area contributed by atoms with E-state index in [9.17, 15) is 0 Å². The molecular weight excluding hydrogens is 214 g/mol. The van der Waals surface area contributed by atoms with Gasteiger partial charge in [-0.3, -0.25) is 0 Å². The first kappa shape index (κ1) is 11.5. The van der Waals surface area contributed by atoms with Crippen molar-refractivity contribution < 1.29 is 9.84 Å². The van der Waals surface area contributed by atoms with E-state index in [1.165, 1.54) is 0 Å². The monoisotopic (exact) mass is 229 g/mol. The van der Waals surface area contributed by atoms with Gasteiger partial charge in [0.1, 0.15) is 5.75 Å². The summed E-state index contributed by atoms with van der Waals surface area (Å²) < 4.78 is 5.10. The Bertz CT molecular complexity index is 480. The van der Waals surface area contributed by atoms with Crippen molar-refractivity contribution >= 4 is 11.4 Å². The topological polar surface area (TPSA) is 41.5 Å². The molecule has 0 atom stereocenters. The molecule has 0 saturated carbocycles. The summed E-state index contributed by atoms with van der Waals surface area (Å²) in [5.41, 5.74) is 2.84. The molecule has 0 bridgehead atoms. The Morgan fingerprint density at radius 3 is 2.47 bits per heavy atom. The molecule has 0 aliphatic heterocycles. The van der Waals surface area contributed by atoms with Gasteiger partial charge in [0.2, 0.25) is 0 Å². The van der Waals surface area contributed by atoms with Gasteiger partial charge in [0.05, 0.1) is 13.7 Å². The molecular formula is C14H15NO2. The van der Waals surface area contributed by atoms with E-state index in [1.807, 2.05) is 48.5 Å². The van der Waals surface area contributed by atoms with E-state index in [1.54, 1.807) is 7.11 Å². The van der Waals surface area contributed by atoms with Crippen molar-refractivity contribution in [2.75, 3.05) is 12.4 Å². The molecule has 3 nitrogen and oxygen atoms in total. The van der Waals surface area contributed by atoms with Gasteiger partial charge in [-0.25, -0.2) is 0 Å².